The van der Waals surface area contributed by atoms with Crippen molar-refractivity contribution in [1.82, 2.24) is 15.0 Å². The fraction of sp³-hybridized carbons (Fsp3) is 0.611. The zero-order valence-electron chi connectivity index (χ0n) is 15.1. The van der Waals surface area contributed by atoms with Crippen LogP contribution >= 0.6 is 23.2 Å². The van der Waals surface area contributed by atoms with Crippen LogP contribution in [-0.2, 0) is 9.47 Å². The number of pyridine rings is 1. The van der Waals surface area contributed by atoms with Gasteiger partial charge in [-0.3, -0.25) is 0 Å². The summed E-state index contributed by atoms with van der Waals surface area (Å²) < 4.78 is 26.4. The molecule has 2 aliphatic rings. The van der Waals surface area contributed by atoms with Gasteiger partial charge >= 0.3 is 0 Å². The number of fused-ring (bicyclic) bond motifs is 1. The lowest BCUT2D eigenvalue weighted by Crippen LogP contribution is -2.50. The van der Waals surface area contributed by atoms with Gasteiger partial charge in [0.25, 0.3) is 0 Å². The third kappa shape index (κ3) is 3.97. The average Bonchev–Trinajstić information content (AvgIpc) is 2.65. The number of hydrogen-bond acceptors (Lipinski definition) is 6. The van der Waals surface area contributed by atoms with Crippen molar-refractivity contribution in [2.24, 2.45) is 0 Å². The molecule has 146 valence electrons. The van der Waals surface area contributed by atoms with Gasteiger partial charge in [0.2, 0.25) is 5.28 Å². The highest BCUT2D eigenvalue weighted by molar-refractivity contribution is 6.30. The van der Waals surface area contributed by atoms with E-state index in [1.165, 1.54) is 6.20 Å². The first-order valence-electron chi connectivity index (χ1n) is 9.17. The van der Waals surface area contributed by atoms with Crippen molar-refractivity contribution >= 4 is 39.9 Å². The van der Waals surface area contributed by atoms with Crippen LogP contribution in [0.4, 0.5) is 10.2 Å². The Kier molecular flexibility index (Phi) is 5.38. The largest absolute Gasteiger partial charge is 0.353 e. The van der Waals surface area contributed by atoms with Crippen LogP contribution in [0.5, 0.6) is 0 Å². The van der Waals surface area contributed by atoms with Crippen molar-refractivity contribution in [2.75, 3.05) is 24.6 Å². The van der Waals surface area contributed by atoms with Gasteiger partial charge in [-0.15, -0.1) is 0 Å². The molecule has 0 N–H and O–H groups in total. The summed E-state index contributed by atoms with van der Waals surface area (Å²) in [5.74, 6) is -0.140. The summed E-state index contributed by atoms with van der Waals surface area (Å²) in [7, 11) is 0. The Morgan fingerprint density at radius 1 is 1.30 bits per heavy atom. The molecule has 2 saturated heterocycles. The van der Waals surface area contributed by atoms with Gasteiger partial charge in [0.1, 0.15) is 11.3 Å². The molecular weight excluding hydrogens is 394 g/mol. The highest BCUT2D eigenvalue weighted by Crippen LogP contribution is 2.35. The van der Waals surface area contributed by atoms with E-state index < -0.39 is 5.82 Å². The number of rotatable bonds is 3. The van der Waals surface area contributed by atoms with Crippen molar-refractivity contribution in [3.05, 3.63) is 22.5 Å². The predicted molar refractivity (Wildman–Crippen MR) is 102 cm³/mol. The van der Waals surface area contributed by atoms with E-state index in [-0.39, 0.29) is 27.8 Å². The first kappa shape index (κ1) is 19.1. The molecule has 0 radical (unpaired) electrons. The van der Waals surface area contributed by atoms with Crippen LogP contribution in [0.3, 0.4) is 0 Å². The van der Waals surface area contributed by atoms with E-state index in [4.69, 9.17) is 32.7 Å². The molecule has 1 unspecified atom stereocenters. The van der Waals surface area contributed by atoms with E-state index in [9.17, 15) is 4.39 Å². The van der Waals surface area contributed by atoms with E-state index in [0.717, 1.165) is 45.3 Å². The molecule has 2 aliphatic heterocycles. The fourth-order valence-electron chi connectivity index (χ4n) is 3.84. The highest BCUT2D eigenvalue weighted by atomic mass is 35.5. The molecule has 2 atom stereocenters. The molecule has 0 aliphatic carbocycles. The molecule has 27 heavy (non-hydrogen) atoms. The second-order valence-corrected chi connectivity index (χ2v) is 8.03. The molecule has 0 bridgehead atoms. The summed E-state index contributed by atoms with van der Waals surface area (Å²) >= 11 is 11.9. The maximum absolute atomic E-state index is 14.4. The zero-order valence-corrected chi connectivity index (χ0v) is 16.6. The van der Waals surface area contributed by atoms with Crippen LogP contribution in [0, 0.1) is 5.82 Å². The number of aromatic nitrogens is 3. The van der Waals surface area contributed by atoms with Crippen molar-refractivity contribution in [1.29, 1.82) is 0 Å². The Balaban J connectivity index is 1.64. The van der Waals surface area contributed by atoms with Crippen LogP contribution in [0.1, 0.15) is 39.0 Å². The van der Waals surface area contributed by atoms with Gasteiger partial charge in [-0.1, -0.05) is 11.6 Å². The van der Waals surface area contributed by atoms with Gasteiger partial charge < -0.3 is 14.4 Å². The summed E-state index contributed by atoms with van der Waals surface area (Å²) in [5.41, 5.74) is -0.309. The van der Waals surface area contributed by atoms with E-state index in [2.05, 4.69) is 26.8 Å². The minimum atomic E-state index is -0.689. The Morgan fingerprint density at radius 3 is 2.93 bits per heavy atom. The van der Waals surface area contributed by atoms with Crippen LogP contribution in [0.2, 0.25) is 10.4 Å². The highest BCUT2D eigenvalue weighted by Gasteiger charge is 2.36. The standard InChI is InChI=1S/C18H21Cl2FN4O2/c1-18(27-12-5-2-3-8-26-12)6-4-7-25(10-18)16-11-9-22-15(19)13(21)14(11)23-17(20)24-16/h9,12H,2-8,10H2,1H3/t12?,18-/m0/s1. The van der Waals surface area contributed by atoms with Crippen LogP contribution < -0.4 is 4.90 Å². The normalized spacial score (nSPS) is 26.5. The second kappa shape index (κ2) is 7.62. The smallest absolute Gasteiger partial charge is 0.225 e. The molecule has 9 heteroatoms. The Morgan fingerprint density at radius 2 is 2.15 bits per heavy atom. The van der Waals surface area contributed by atoms with E-state index >= 15 is 0 Å². The molecule has 4 rings (SSSR count). The molecule has 2 fully saturated rings. The van der Waals surface area contributed by atoms with E-state index in [1.54, 1.807) is 0 Å². The molecule has 0 amide bonds. The van der Waals surface area contributed by atoms with Gasteiger partial charge in [-0.05, 0) is 50.6 Å². The number of piperidine rings is 1. The third-order valence-electron chi connectivity index (χ3n) is 5.11. The molecule has 0 saturated carbocycles. The number of ether oxygens (including phenoxy) is 2. The van der Waals surface area contributed by atoms with Gasteiger partial charge in [0.05, 0.1) is 11.0 Å². The summed E-state index contributed by atoms with van der Waals surface area (Å²) in [6, 6.07) is 0. The van der Waals surface area contributed by atoms with Crippen molar-refractivity contribution in [3.8, 4) is 0 Å². The van der Waals surface area contributed by atoms with E-state index in [1.807, 2.05) is 0 Å². The molecule has 2 aromatic heterocycles. The number of anilines is 1. The van der Waals surface area contributed by atoms with Crippen LogP contribution in [0.15, 0.2) is 6.20 Å². The van der Waals surface area contributed by atoms with Gasteiger partial charge in [-0.25, -0.2) is 14.4 Å². The number of hydrogen-bond donors (Lipinski definition) is 0. The minimum absolute atomic E-state index is 0.0255. The first-order valence-corrected chi connectivity index (χ1v) is 9.92. The lowest BCUT2D eigenvalue weighted by atomic mass is 9.94. The zero-order chi connectivity index (χ0) is 19.0. The Labute approximate surface area is 167 Å². The molecule has 6 nitrogen and oxygen atoms in total. The van der Waals surface area contributed by atoms with Gasteiger partial charge in [0.15, 0.2) is 17.3 Å². The Bertz CT molecular complexity index is 850. The lowest BCUT2D eigenvalue weighted by Gasteiger charge is -2.43. The quantitative estimate of drug-likeness (QED) is 0.548. The summed E-state index contributed by atoms with van der Waals surface area (Å²) in [6.07, 6.45) is 6.24. The second-order valence-electron chi connectivity index (χ2n) is 7.33. The first-order chi connectivity index (χ1) is 13.0. The molecule has 0 spiro atoms. The fourth-order valence-corrected chi connectivity index (χ4v) is 4.14. The van der Waals surface area contributed by atoms with Gasteiger partial charge in [0, 0.05) is 25.9 Å². The summed E-state index contributed by atoms with van der Waals surface area (Å²) in [6.45, 7) is 4.18. The third-order valence-corrected chi connectivity index (χ3v) is 5.54. The van der Waals surface area contributed by atoms with Crippen LogP contribution in [0.25, 0.3) is 10.9 Å². The number of halogens is 3. The summed E-state index contributed by atoms with van der Waals surface area (Å²) in [5, 5.41) is 0.228. The lowest BCUT2D eigenvalue weighted by molar-refractivity contribution is -0.221. The van der Waals surface area contributed by atoms with Crippen molar-refractivity contribution in [2.45, 2.75) is 50.9 Å². The molecule has 2 aromatic rings. The molecule has 0 aromatic carbocycles. The maximum atomic E-state index is 14.4. The summed E-state index contributed by atoms with van der Waals surface area (Å²) in [4.78, 5) is 14.3. The molecule has 4 heterocycles. The van der Waals surface area contributed by atoms with Crippen molar-refractivity contribution in [3.63, 3.8) is 0 Å². The van der Waals surface area contributed by atoms with Gasteiger partial charge in [-0.2, -0.15) is 4.98 Å². The maximum Gasteiger partial charge on any atom is 0.225 e. The minimum Gasteiger partial charge on any atom is -0.353 e. The molecular formula is C18H21Cl2FN4O2. The monoisotopic (exact) mass is 414 g/mol. The topological polar surface area (TPSA) is 60.4 Å². The van der Waals surface area contributed by atoms with E-state index in [0.29, 0.717) is 17.7 Å². The number of nitrogens with zero attached hydrogens (tertiary/aromatic N) is 4. The van der Waals surface area contributed by atoms with Crippen LogP contribution in [-0.4, -0.2) is 46.5 Å². The Hall–Kier alpha value is -1.28. The van der Waals surface area contributed by atoms with Crippen molar-refractivity contribution < 1.29 is 13.9 Å². The average molecular weight is 415 g/mol. The predicted octanol–water partition coefficient (Wildman–Crippen LogP) is 4.37. The SMILES string of the molecule is C[C@]1(OC2CCCCO2)CCCN(c2nc(Cl)nc3c(F)c(Cl)ncc23)C1.